The Morgan fingerprint density at radius 1 is 1.41 bits per heavy atom. The van der Waals surface area contributed by atoms with Gasteiger partial charge in [-0.2, -0.15) is 0 Å². The summed E-state index contributed by atoms with van der Waals surface area (Å²) in [5.74, 6) is 0.736. The average Bonchev–Trinajstić information content (AvgIpc) is 2.88. The molecule has 0 radical (unpaired) electrons. The van der Waals surface area contributed by atoms with Crippen molar-refractivity contribution in [2.24, 2.45) is 5.92 Å². The van der Waals surface area contributed by atoms with Crippen LogP contribution >= 0.6 is 11.6 Å². The molecule has 1 aromatic rings. The normalized spacial score (nSPS) is 28.2. The van der Waals surface area contributed by atoms with E-state index >= 15 is 0 Å². The van der Waals surface area contributed by atoms with Crippen LogP contribution in [-0.4, -0.2) is 12.1 Å². The maximum Gasteiger partial charge on any atom is 0.0408 e. The molecule has 17 heavy (non-hydrogen) atoms. The van der Waals surface area contributed by atoms with Gasteiger partial charge in [-0.3, -0.25) is 0 Å². The standard InChI is InChI=1S/C15H22ClN/c1-14(2,3)17-10-12-9-15(12,4)11-6-5-7-13(16)8-11/h5-8,12,17H,9-10H2,1-4H3. The average molecular weight is 252 g/mol. The van der Waals surface area contributed by atoms with E-state index in [1.54, 1.807) is 0 Å². The number of halogens is 1. The minimum absolute atomic E-state index is 0.206. The molecule has 94 valence electrons. The van der Waals surface area contributed by atoms with E-state index in [1.165, 1.54) is 12.0 Å². The van der Waals surface area contributed by atoms with Crippen molar-refractivity contribution in [3.8, 4) is 0 Å². The number of rotatable bonds is 3. The number of hydrogen-bond acceptors (Lipinski definition) is 1. The second-order valence-electron chi connectivity index (χ2n) is 6.46. The highest BCUT2D eigenvalue weighted by molar-refractivity contribution is 6.30. The van der Waals surface area contributed by atoms with Crippen molar-refractivity contribution in [1.82, 2.24) is 5.32 Å². The first kappa shape index (κ1) is 12.9. The molecule has 1 N–H and O–H groups in total. The van der Waals surface area contributed by atoms with Gasteiger partial charge in [0.05, 0.1) is 0 Å². The van der Waals surface area contributed by atoms with Gasteiger partial charge in [0.2, 0.25) is 0 Å². The summed E-state index contributed by atoms with van der Waals surface area (Å²) in [6.07, 6.45) is 1.26. The fraction of sp³-hybridized carbons (Fsp3) is 0.600. The lowest BCUT2D eigenvalue weighted by Gasteiger charge is -2.21. The summed E-state index contributed by atoms with van der Waals surface area (Å²) < 4.78 is 0. The highest BCUT2D eigenvalue weighted by Gasteiger charge is 2.50. The van der Waals surface area contributed by atoms with Crippen LogP contribution in [0.15, 0.2) is 24.3 Å². The van der Waals surface area contributed by atoms with Crippen LogP contribution < -0.4 is 5.32 Å². The smallest absolute Gasteiger partial charge is 0.0408 e. The molecule has 1 nitrogen and oxygen atoms in total. The van der Waals surface area contributed by atoms with Gasteiger partial charge in [0.15, 0.2) is 0 Å². The van der Waals surface area contributed by atoms with Gasteiger partial charge in [0, 0.05) is 10.6 Å². The van der Waals surface area contributed by atoms with Gasteiger partial charge < -0.3 is 5.32 Å². The van der Waals surface area contributed by atoms with E-state index in [2.05, 4.69) is 51.2 Å². The Kier molecular flexibility index (Phi) is 3.26. The molecule has 2 atom stereocenters. The van der Waals surface area contributed by atoms with Crippen LogP contribution in [0.25, 0.3) is 0 Å². The molecular formula is C15H22ClN. The first-order chi connectivity index (χ1) is 7.81. The van der Waals surface area contributed by atoms with Gasteiger partial charge in [-0.15, -0.1) is 0 Å². The summed E-state index contributed by atoms with van der Waals surface area (Å²) in [5, 5.41) is 4.44. The Bertz CT molecular complexity index is 408. The molecule has 2 rings (SSSR count). The third kappa shape index (κ3) is 3.02. The molecule has 1 aliphatic rings. The molecule has 1 aromatic carbocycles. The zero-order chi connectivity index (χ0) is 12.7. The highest BCUT2D eigenvalue weighted by atomic mass is 35.5. The maximum absolute atomic E-state index is 6.06. The number of benzene rings is 1. The Labute approximate surface area is 110 Å². The van der Waals surface area contributed by atoms with Crippen molar-refractivity contribution in [2.75, 3.05) is 6.54 Å². The summed E-state index contributed by atoms with van der Waals surface area (Å²) in [4.78, 5) is 0. The van der Waals surface area contributed by atoms with E-state index in [4.69, 9.17) is 11.6 Å². The van der Waals surface area contributed by atoms with E-state index in [1.807, 2.05) is 6.07 Å². The number of hydrogen-bond donors (Lipinski definition) is 1. The second-order valence-corrected chi connectivity index (χ2v) is 6.90. The van der Waals surface area contributed by atoms with Crippen LogP contribution in [0, 0.1) is 5.92 Å². The molecule has 0 spiro atoms. The minimum Gasteiger partial charge on any atom is -0.312 e. The molecule has 0 saturated heterocycles. The first-order valence-electron chi connectivity index (χ1n) is 6.32. The van der Waals surface area contributed by atoms with Crippen LogP contribution in [0.4, 0.5) is 0 Å². The van der Waals surface area contributed by atoms with Crippen molar-refractivity contribution in [3.05, 3.63) is 34.9 Å². The molecule has 1 saturated carbocycles. The molecule has 0 aromatic heterocycles. The van der Waals surface area contributed by atoms with E-state index in [0.717, 1.165) is 17.5 Å². The summed E-state index contributed by atoms with van der Waals surface area (Å²) in [6, 6.07) is 8.30. The van der Waals surface area contributed by atoms with E-state index in [0.29, 0.717) is 5.41 Å². The Morgan fingerprint density at radius 3 is 2.71 bits per heavy atom. The van der Waals surface area contributed by atoms with Crippen molar-refractivity contribution in [1.29, 1.82) is 0 Å². The van der Waals surface area contributed by atoms with Crippen molar-refractivity contribution in [2.45, 2.75) is 45.1 Å². The predicted octanol–water partition coefficient (Wildman–Crippen LogP) is 4.01. The predicted molar refractivity (Wildman–Crippen MR) is 74.7 cm³/mol. The lowest BCUT2D eigenvalue weighted by molar-refractivity contribution is 0.406. The second kappa shape index (κ2) is 4.29. The van der Waals surface area contributed by atoms with Gasteiger partial charge in [0.1, 0.15) is 0 Å². The van der Waals surface area contributed by atoms with Crippen LogP contribution in [0.5, 0.6) is 0 Å². The van der Waals surface area contributed by atoms with Crippen LogP contribution in [0.3, 0.4) is 0 Å². The summed E-state index contributed by atoms with van der Waals surface area (Å²) >= 11 is 6.06. The zero-order valence-corrected chi connectivity index (χ0v) is 11.9. The molecule has 1 aliphatic carbocycles. The molecule has 0 heterocycles. The molecule has 0 amide bonds. The fourth-order valence-corrected chi connectivity index (χ4v) is 2.57. The lowest BCUT2D eigenvalue weighted by atomic mass is 9.95. The van der Waals surface area contributed by atoms with Crippen LogP contribution in [0.1, 0.15) is 39.7 Å². The van der Waals surface area contributed by atoms with Gasteiger partial charge in [0.25, 0.3) is 0 Å². The van der Waals surface area contributed by atoms with E-state index < -0.39 is 0 Å². The SMILES string of the molecule is CC(C)(C)NCC1CC1(C)c1cccc(Cl)c1. The topological polar surface area (TPSA) is 12.0 Å². The molecule has 2 unspecified atom stereocenters. The zero-order valence-electron chi connectivity index (χ0n) is 11.2. The quantitative estimate of drug-likeness (QED) is 0.856. The lowest BCUT2D eigenvalue weighted by Crippen LogP contribution is -2.37. The van der Waals surface area contributed by atoms with Crippen molar-refractivity contribution in [3.63, 3.8) is 0 Å². The van der Waals surface area contributed by atoms with E-state index in [-0.39, 0.29) is 5.54 Å². The molecule has 2 heteroatoms. The molecule has 1 fully saturated rings. The van der Waals surface area contributed by atoms with Gasteiger partial charge >= 0.3 is 0 Å². The Balaban J connectivity index is 2.00. The summed E-state index contributed by atoms with van der Waals surface area (Å²) in [7, 11) is 0. The maximum atomic E-state index is 6.06. The summed E-state index contributed by atoms with van der Waals surface area (Å²) in [6.45, 7) is 10.1. The van der Waals surface area contributed by atoms with Gasteiger partial charge in [-0.1, -0.05) is 30.7 Å². The van der Waals surface area contributed by atoms with E-state index in [9.17, 15) is 0 Å². The first-order valence-corrected chi connectivity index (χ1v) is 6.70. The largest absolute Gasteiger partial charge is 0.312 e. The minimum atomic E-state index is 0.206. The fourth-order valence-electron chi connectivity index (χ4n) is 2.38. The van der Waals surface area contributed by atoms with Crippen LogP contribution in [-0.2, 0) is 5.41 Å². The Hall–Kier alpha value is -0.530. The molecular weight excluding hydrogens is 230 g/mol. The third-order valence-electron chi connectivity index (χ3n) is 3.77. The number of nitrogens with one attached hydrogen (secondary N) is 1. The van der Waals surface area contributed by atoms with Crippen LogP contribution in [0.2, 0.25) is 5.02 Å². The monoisotopic (exact) mass is 251 g/mol. The van der Waals surface area contributed by atoms with Crippen molar-refractivity contribution < 1.29 is 0 Å². The summed E-state index contributed by atoms with van der Waals surface area (Å²) in [5.41, 5.74) is 1.91. The van der Waals surface area contributed by atoms with Gasteiger partial charge in [-0.05, 0) is 62.8 Å². The van der Waals surface area contributed by atoms with Gasteiger partial charge in [-0.25, -0.2) is 0 Å². The highest BCUT2D eigenvalue weighted by Crippen LogP contribution is 2.53. The molecule has 0 aliphatic heterocycles. The Morgan fingerprint density at radius 2 is 2.12 bits per heavy atom. The van der Waals surface area contributed by atoms with Crippen molar-refractivity contribution >= 4 is 11.6 Å². The third-order valence-corrected chi connectivity index (χ3v) is 4.01. The molecule has 0 bridgehead atoms.